The van der Waals surface area contributed by atoms with Gasteiger partial charge in [-0.15, -0.1) is 0 Å². The number of nitrogens with zero attached hydrogens (tertiary/aromatic N) is 1. The van der Waals surface area contributed by atoms with Gasteiger partial charge in [-0.3, -0.25) is 24.6 Å². The number of nitrogens with one attached hydrogen (secondary N) is 2. The Morgan fingerprint density at radius 1 is 1.08 bits per heavy atom. The van der Waals surface area contributed by atoms with Crippen LogP contribution in [0.5, 0.6) is 0 Å². The van der Waals surface area contributed by atoms with Crippen molar-refractivity contribution in [2.24, 2.45) is 11.5 Å². The summed E-state index contributed by atoms with van der Waals surface area (Å²) in [5.41, 5.74) is 7.79. The van der Waals surface area contributed by atoms with Crippen molar-refractivity contribution in [3.05, 3.63) is 0 Å². The molecule has 4 amide bonds. The van der Waals surface area contributed by atoms with Gasteiger partial charge in [-0.2, -0.15) is 0 Å². The highest BCUT2D eigenvalue weighted by Gasteiger charge is 2.31. The lowest BCUT2D eigenvalue weighted by Crippen LogP contribution is -2.59. The van der Waals surface area contributed by atoms with Gasteiger partial charge in [0.2, 0.25) is 17.7 Å². The Morgan fingerprint density at radius 2 is 1.56 bits per heavy atom. The third-order valence-electron chi connectivity index (χ3n) is 3.37. The third-order valence-corrected chi connectivity index (χ3v) is 3.37. The monoisotopic (exact) mass is 361 g/mol. The quantitative estimate of drug-likeness (QED) is 0.284. The van der Waals surface area contributed by atoms with Crippen LogP contribution in [0.3, 0.4) is 0 Å². The van der Waals surface area contributed by atoms with Crippen LogP contribution in [-0.2, 0) is 19.1 Å². The molecule has 0 spiro atoms. The number of methoxy groups -OCH3 is 1. The summed E-state index contributed by atoms with van der Waals surface area (Å²) in [7, 11) is 1.10. The van der Waals surface area contributed by atoms with Crippen molar-refractivity contribution in [2.45, 2.75) is 45.0 Å². The van der Waals surface area contributed by atoms with Crippen LogP contribution < -0.4 is 22.1 Å². The number of primary amides is 2. The van der Waals surface area contributed by atoms with Crippen LogP contribution in [0, 0.1) is 0 Å². The summed E-state index contributed by atoms with van der Waals surface area (Å²) in [6.07, 6.45) is -2.25. The minimum atomic E-state index is -1.36. The summed E-state index contributed by atoms with van der Waals surface area (Å²) in [5, 5.41) is 14.9. The number of carbonyl (C=O) groups excluding carboxylic acids is 4. The number of aliphatic hydroxyl groups excluding tert-OH is 1. The lowest BCUT2D eigenvalue weighted by Gasteiger charge is -2.30. The van der Waals surface area contributed by atoms with E-state index in [1.807, 2.05) is 0 Å². The van der Waals surface area contributed by atoms with E-state index in [0.717, 1.165) is 12.0 Å². The van der Waals surface area contributed by atoms with Gasteiger partial charge in [0, 0.05) is 0 Å². The number of hydrogen-bond donors (Lipinski definition) is 5. The van der Waals surface area contributed by atoms with Gasteiger partial charge in [-0.05, 0) is 27.7 Å². The number of rotatable bonds is 9. The summed E-state index contributed by atoms with van der Waals surface area (Å²) in [6.45, 7) is 4.84. The van der Waals surface area contributed by atoms with E-state index in [4.69, 9.17) is 11.5 Å². The first-order valence-corrected chi connectivity index (χ1v) is 7.42. The molecule has 0 aromatic carbocycles. The molecular formula is C14H27N5O6. The molecule has 0 rings (SSSR count). The third kappa shape index (κ3) is 7.35. The molecule has 1 atom stereocenters. The maximum atomic E-state index is 12.0. The first-order chi connectivity index (χ1) is 11.2. The Hall–Kier alpha value is -2.40. The van der Waals surface area contributed by atoms with E-state index in [0.29, 0.717) is 0 Å². The Balaban J connectivity index is 4.98. The molecule has 0 aliphatic carbocycles. The van der Waals surface area contributed by atoms with Crippen molar-refractivity contribution in [3.8, 4) is 0 Å². The number of nitrogens with two attached hydrogens (primary N) is 2. The average Bonchev–Trinajstić information content (AvgIpc) is 2.43. The highest BCUT2D eigenvalue weighted by Crippen LogP contribution is 2.05. The first-order valence-electron chi connectivity index (χ1n) is 7.42. The molecule has 0 bridgehead atoms. The van der Waals surface area contributed by atoms with E-state index in [1.165, 1.54) is 27.7 Å². The second kappa shape index (κ2) is 8.62. The Kier molecular flexibility index (Phi) is 7.80. The van der Waals surface area contributed by atoms with Crippen molar-refractivity contribution in [1.29, 1.82) is 0 Å². The van der Waals surface area contributed by atoms with Crippen molar-refractivity contribution in [3.63, 3.8) is 0 Å². The van der Waals surface area contributed by atoms with Gasteiger partial charge in [0.15, 0.2) is 0 Å². The van der Waals surface area contributed by atoms with Gasteiger partial charge in [0.25, 0.3) is 0 Å². The van der Waals surface area contributed by atoms with E-state index in [1.54, 1.807) is 0 Å². The fourth-order valence-electron chi connectivity index (χ4n) is 1.70. The molecule has 1 unspecified atom stereocenters. The molecule has 0 aliphatic rings. The van der Waals surface area contributed by atoms with Gasteiger partial charge in [-0.25, -0.2) is 4.79 Å². The molecule has 144 valence electrons. The molecule has 25 heavy (non-hydrogen) atoms. The summed E-state index contributed by atoms with van der Waals surface area (Å²) < 4.78 is 4.55. The summed E-state index contributed by atoms with van der Waals surface area (Å²) in [4.78, 5) is 47.2. The Labute approximate surface area is 146 Å². The minimum absolute atomic E-state index is 0.367. The molecule has 0 aliphatic heterocycles. The highest BCUT2D eigenvalue weighted by molar-refractivity contribution is 5.91. The number of carbonyl (C=O) groups is 4. The predicted octanol–water partition coefficient (Wildman–Crippen LogP) is -2.39. The van der Waals surface area contributed by atoms with E-state index < -0.39 is 47.7 Å². The summed E-state index contributed by atoms with van der Waals surface area (Å²) in [6, 6.07) is 0. The van der Waals surface area contributed by atoms with E-state index in [-0.39, 0.29) is 6.54 Å². The van der Waals surface area contributed by atoms with Gasteiger partial charge in [-0.1, -0.05) is 0 Å². The second-order valence-electron chi connectivity index (χ2n) is 6.54. The van der Waals surface area contributed by atoms with Crippen molar-refractivity contribution < 1.29 is 29.0 Å². The summed E-state index contributed by atoms with van der Waals surface area (Å²) >= 11 is 0. The number of aliphatic hydroxyl groups is 1. The van der Waals surface area contributed by atoms with Crippen LogP contribution in [0.15, 0.2) is 0 Å². The lowest BCUT2D eigenvalue weighted by atomic mass is 10.1. The predicted molar refractivity (Wildman–Crippen MR) is 87.8 cm³/mol. The van der Waals surface area contributed by atoms with Gasteiger partial charge in [0.1, 0.15) is 18.3 Å². The van der Waals surface area contributed by atoms with Crippen LogP contribution in [0.4, 0.5) is 4.79 Å². The molecule has 0 saturated carbocycles. The molecule has 0 aromatic rings. The van der Waals surface area contributed by atoms with Gasteiger partial charge < -0.3 is 26.6 Å². The topological polar surface area (TPSA) is 177 Å². The Morgan fingerprint density at radius 3 is 1.96 bits per heavy atom. The molecular weight excluding hydrogens is 334 g/mol. The number of ether oxygens (including phenoxy) is 1. The SMILES string of the molecule is COC(=O)N(CC(=O)NC(C)(C)C(N)=O)CC(O)NC(C)(C)C(N)=O. The zero-order valence-electron chi connectivity index (χ0n) is 15.1. The molecule has 7 N–H and O–H groups in total. The highest BCUT2D eigenvalue weighted by atomic mass is 16.5. The van der Waals surface area contributed by atoms with E-state index in [9.17, 15) is 24.3 Å². The molecule has 0 fully saturated rings. The van der Waals surface area contributed by atoms with Crippen molar-refractivity contribution in [1.82, 2.24) is 15.5 Å². The van der Waals surface area contributed by atoms with Gasteiger partial charge >= 0.3 is 6.09 Å². The molecule has 11 heteroatoms. The van der Waals surface area contributed by atoms with E-state index >= 15 is 0 Å². The van der Waals surface area contributed by atoms with Crippen molar-refractivity contribution >= 4 is 23.8 Å². The van der Waals surface area contributed by atoms with Gasteiger partial charge in [0.05, 0.1) is 19.2 Å². The standard InChI is InChI=1S/C14H27N5O6/c1-13(2,10(15)22)17-8(20)6-19(12(24)25-5)7-9(21)18-14(3,4)11(16)23/h8,17,20H,6-7H2,1-5H3,(H2,15,22)(H2,16,23)(H,18,21). The van der Waals surface area contributed by atoms with Crippen LogP contribution >= 0.6 is 0 Å². The fraction of sp³-hybridized carbons (Fsp3) is 0.714. The average molecular weight is 361 g/mol. The smallest absolute Gasteiger partial charge is 0.410 e. The maximum absolute atomic E-state index is 12.0. The van der Waals surface area contributed by atoms with Crippen LogP contribution in [-0.4, -0.2) is 71.3 Å². The second-order valence-corrected chi connectivity index (χ2v) is 6.54. The lowest BCUT2D eigenvalue weighted by molar-refractivity contribution is -0.131. The zero-order chi connectivity index (χ0) is 20.0. The normalized spacial score (nSPS) is 12.9. The summed E-state index contributed by atoms with van der Waals surface area (Å²) in [5.74, 6) is -2.15. The molecule has 11 nitrogen and oxygen atoms in total. The largest absolute Gasteiger partial charge is 0.453 e. The van der Waals surface area contributed by atoms with Crippen LogP contribution in [0.25, 0.3) is 0 Å². The van der Waals surface area contributed by atoms with E-state index in [2.05, 4.69) is 15.4 Å². The maximum Gasteiger partial charge on any atom is 0.410 e. The molecule has 0 radical (unpaired) electrons. The first kappa shape index (κ1) is 22.6. The van der Waals surface area contributed by atoms with Crippen molar-refractivity contribution in [2.75, 3.05) is 20.2 Å². The van der Waals surface area contributed by atoms with Crippen LogP contribution in [0.2, 0.25) is 0 Å². The Bertz CT molecular complexity index is 534. The number of hydrogen-bond acceptors (Lipinski definition) is 7. The number of amides is 4. The molecule has 0 aromatic heterocycles. The van der Waals surface area contributed by atoms with Crippen LogP contribution in [0.1, 0.15) is 27.7 Å². The molecule has 0 saturated heterocycles. The minimum Gasteiger partial charge on any atom is -0.453 e. The fourth-order valence-corrected chi connectivity index (χ4v) is 1.70. The zero-order valence-corrected chi connectivity index (χ0v) is 15.1. The molecule has 0 heterocycles.